The summed E-state index contributed by atoms with van der Waals surface area (Å²) in [6.45, 7) is 11.5. The molecule has 0 aromatic rings. The lowest BCUT2D eigenvalue weighted by molar-refractivity contribution is 0.158. The summed E-state index contributed by atoms with van der Waals surface area (Å²) in [6, 6.07) is 0. The lowest BCUT2D eigenvalue weighted by Crippen LogP contribution is -2.37. The molecule has 1 aliphatic rings. The molecule has 0 spiro atoms. The maximum absolute atomic E-state index is 2.38. The Labute approximate surface area is 70.7 Å². The fraction of sp³-hybridized carbons (Fsp3) is 0.818. The van der Waals surface area contributed by atoms with Crippen LogP contribution in [0.4, 0.5) is 0 Å². The van der Waals surface area contributed by atoms with Crippen molar-refractivity contribution in [3.63, 3.8) is 0 Å². The van der Waals surface area contributed by atoms with E-state index in [1.165, 1.54) is 12.8 Å². The van der Waals surface area contributed by atoms with Gasteiger partial charge in [0.1, 0.15) is 0 Å². The Morgan fingerprint density at radius 2 is 2.00 bits per heavy atom. The maximum atomic E-state index is 2.38. The Bertz CT molecular complexity index is 180. The molecule has 0 heterocycles. The van der Waals surface area contributed by atoms with Gasteiger partial charge in [0.15, 0.2) is 0 Å². The van der Waals surface area contributed by atoms with Crippen LogP contribution in [0, 0.1) is 11.3 Å². The molecule has 1 aliphatic carbocycles. The van der Waals surface area contributed by atoms with Crippen LogP contribution in [0.3, 0.4) is 0 Å². The summed E-state index contributed by atoms with van der Waals surface area (Å²) in [5, 5.41) is 0. The molecule has 0 nitrogen and oxygen atoms in total. The van der Waals surface area contributed by atoms with E-state index in [2.05, 4.69) is 34.6 Å². The summed E-state index contributed by atoms with van der Waals surface area (Å²) in [6.07, 6.45) is 2.69. The van der Waals surface area contributed by atoms with Crippen molar-refractivity contribution >= 4 is 0 Å². The lowest BCUT2D eigenvalue weighted by Gasteiger charge is -2.48. The molecule has 0 heteroatoms. The minimum Gasteiger partial charge on any atom is -0.0767 e. The van der Waals surface area contributed by atoms with Gasteiger partial charge in [-0.25, -0.2) is 0 Å². The lowest BCUT2D eigenvalue weighted by atomic mass is 9.57. The SMILES string of the molecule is CC[C@@H]1CC(=C(C)C)C1(C)C. The van der Waals surface area contributed by atoms with Gasteiger partial charge in [-0.1, -0.05) is 38.3 Å². The van der Waals surface area contributed by atoms with Crippen LogP contribution >= 0.6 is 0 Å². The Morgan fingerprint density at radius 3 is 2.27 bits per heavy atom. The summed E-state index contributed by atoms with van der Waals surface area (Å²) in [5.41, 5.74) is 3.75. The summed E-state index contributed by atoms with van der Waals surface area (Å²) in [5.74, 6) is 0.937. The molecule has 0 aromatic heterocycles. The number of rotatable bonds is 1. The molecule has 0 bridgehead atoms. The first-order valence-electron chi connectivity index (χ1n) is 4.67. The molecule has 0 aromatic carbocycles. The van der Waals surface area contributed by atoms with Gasteiger partial charge >= 0.3 is 0 Å². The smallest absolute Gasteiger partial charge is 0.0111 e. The van der Waals surface area contributed by atoms with E-state index in [9.17, 15) is 0 Å². The van der Waals surface area contributed by atoms with E-state index in [1.807, 2.05) is 0 Å². The maximum Gasteiger partial charge on any atom is -0.0111 e. The van der Waals surface area contributed by atoms with Crippen LogP contribution in [0.15, 0.2) is 11.1 Å². The van der Waals surface area contributed by atoms with Crippen molar-refractivity contribution in [1.29, 1.82) is 0 Å². The quantitative estimate of drug-likeness (QED) is 0.502. The first-order valence-corrected chi connectivity index (χ1v) is 4.67. The molecule has 1 saturated carbocycles. The summed E-state index contributed by atoms with van der Waals surface area (Å²) < 4.78 is 0. The van der Waals surface area contributed by atoms with Gasteiger partial charge in [0, 0.05) is 0 Å². The zero-order valence-electron chi connectivity index (χ0n) is 8.49. The molecule has 1 rings (SSSR count). The van der Waals surface area contributed by atoms with E-state index < -0.39 is 0 Å². The second-order valence-corrected chi connectivity index (χ2v) is 4.51. The van der Waals surface area contributed by atoms with E-state index >= 15 is 0 Å². The van der Waals surface area contributed by atoms with Crippen LogP contribution in [-0.4, -0.2) is 0 Å². The van der Waals surface area contributed by atoms with E-state index in [1.54, 1.807) is 11.1 Å². The van der Waals surface area contributed by atoms with E-state index in [0.717, 1.165) is 5.92 Å². The number of hydrogen-bond donors (Lipinski definition) is 0. The molecular weight excluding hydrogens is 132 g/mol. The average Bonchev–Trinajstić information content (AvgIpc) is 1.85. The Kier molecular flexibility index (Phi) is 2.13. The molecule has 0 amide bonds. The second-order valence-electron chi connectivity index (χ2n) is 4.51. The third-order valence-corrected chi connectivity index (χ3v) is 3.35. The Balaban J connectivity index is 2.77. The van der Waals surface area contributed by atoms with Gasteiger partial charge in [-0.15, -0.1) is 0 Å². The molecular formula is C11H20. The predicted octanol–water partition coefficient (Wildman–Crippen LogP) is 3.78. The van der Waals surface area contributed by atoms with Crippen molar-refractivity contribution in [3.8, 4) is 0 Å². The van der Waals surface area contributed by atoms with E-state index in [-0.39, 0.29) is 0 Å². The van der Waals surface area contributed by atoms with Crippen LogP contribution in [-0.2, 0) is 0 Å². The van der Waals surface area contributed by atoms with Crippen LogP contribution < -0.4 is 0 Å². The van der Waals surface area contributed by atoms with Crippen molar-refractivity contribution in [2.24, 2.45) is 11.3 Å². The summed E-state index contributed by atoms with van der Waals surface area (Å²) >= 11 is 0. The number of hydrogen-bond acceptors (Lipinski definition) is 0. The second kappa shape index (κ2) is 2.66. The van der Waals surface area contributed by atoms with Crippen molar-refractivity contribution < 1.29 is 0 Å². The van der Waals surface area contributed by atoms with Crippen molar-refractivity contribution in [2.75, 3.05) is 0 Å². The van der Waals surface area contributed by atoms with Gasteiger partial charge in [-0.2, -0.15) is 0 Å². The Hall–Kier alpha value is -0.260. The zero-order valence-corrected chi connectivity index (χ0v) is 8.49. The van der Waals surface area contributed by atoms with Gasteiger partial charge in [-0.05, 0) is 31.6 Å². The predicted molar refractivity (Wildman–Crippen MR) is 50.6 cm³/mol. The minimum atomic E-state index is 0.508. The van der Waals surface area contributed by atoms with Crippen molar-refractivity contribution in [1.82, 2.24) is 0 Å². The zero-order chi connectivity index (χ0) is 8.65. The highest BCUT2D eigenvalue weighted by atomic mass is 14.5. The molecule has 0 aliphatic heterocycles. The summed E-state index contributed by atoms with van der Waals surface area (Å²) in [4.78, 5) is 0. The van der Waals surface area contributed by atoms with Crippen molar-refractivity contribution in [3.05, 3.63) is 11.1 Å². The van der Waals surface area contributed by atoms with Crippen LogP contribution in [0.25, 0.3) is 0 Å². The Morgan fingerprint density at radius 1 is 1.45 bits per heavy atom. The first kappa shape index (κ1) is 8.83. The third-order valence-electron chi connectivity index (χ3n) is 3.35. The van der Waals surface area contributed by atoms with Crippen molar-refractivity contribution in [2.45, 2.75) is 47.5 Å². The molecule has 11 heavy (non-hydrogen) atoms. The number of allylic oxidation sites excluding steroid dienone is 2. The third kappa shape index (κ3) is 1.23. The minimum absolute atomic E-state index is 0.508. The molecule has 0 N–H and O–H groups in total. The molecule has 0 saturated heterocycles. The van der Waals surface area contributed by atoms with Gasteiger partial charge in [0.2, 0.25) is 0 Å². The van der Waals surface area contributed by atoms with E-state index in [0.29, 0.717) is 5.41 Å². The standard InChI is InChI=1S/C11H20/c1-6-9-7-10(8(2)3)11(9,4)5/h9H,6-7H2,1-5H3/t9-/m1/s1. The van der Waals surface area contributed by atoms with Crippen LogP contribution in [0.1, 0.15) is 47.5 Å². The normalized spacial score (nSPS) is 28.1. The highest BCUT2D eigenvalue weighted by Crippen LogP contribution is 2.53. The summed E-state index contributed by atoms with van der Waals surface area (Å²) in [7, 11) is 0. The van der Waals surface area contributed by atoms with Gasteiger partial charge in [0.05, 0.1) is 0 Å². The fourth-order valence-corrected chi connectivity index (χ4v) is 2.38. The molecule has 0 radical (unpaired) electrons. The monoisotopic (exact) mass is 152 g/mol. The first-order chi connectivity index (χ1) is 5.00. The fourth-order valence-electron chi connectivity index (χ4n) is 2.38. The largest absolute Gasteiger partial charge is 0.0767 e. The average molecular weight is 152 g/mol. The molecule has 64 valence electrons. The van der Waals surface area contributed by atoms with Gasteiger partial charge < -0.3 is 0 Å². The van der Waals surface area contributed by atoms with Gasteiger partial charge in [-0.3, -0.25) is 0 Å². The van der Waals surface area contributed by atoms with Gasteiger partial charge in [0.25, 0.3) is 0 Å². The molecule has 1 atom stereocenters. The highest BCUT2D eigenvalue weighted by molar-refractivity contribution is 5.27. The van der Waals surface area contributed by atoms with E-state index in [4.69, 9.17) is 0 Å². The molecule has 0 unspecified atom stereocenters. The van der Waals surface area contributed by atoms with Crippen LogP contribution in [0.5, 0.6) is 0 Å². The topological polar surface area (TPSA) is 0 Å². The molecule has 1 fully saturated rings. The van der Waals surface area contributed by atoms with Crippen LogP contribution in [0.2, 0.25) is 0 Å². The highest BCUT2D eigenvalue weighted by Gasteiger charge is 2.42.